The van der Waals surface area contributed by atoms with E-state index in [1.165, 1.54) is 0 Å². The van der Waals surface area contributed by atoms with Gasteiger partial charge in [0.25, 0.3) is 5.56 Å². The minimum absolute atomic E-state index is 0.0836. The van der Waals surface area contributed by atoms with Gasteiger partial charge in [-0.25, -0.2) is 4.98 Å². The van der Waals surface area contributed by atoms with E-state index in [2.05, 4.69) is 6.08 Å². The van der Waals surface area contributed by atoms with E-state index < -0.39 is 0 Å². The normalized spacial score (nSPS) is 15.2. The van der Waals surface area contributed by atoms with Gasteiger partial charge in [-0.1, -0.05) is 18.2 Å². The van der Waals surface area contributed by atoms with Crippen molar-refractivity contribution >= 4 is 33.2 Å². The zero-order valence-corrected chi connectivity index (χ0v) is 14.7. The molecular formula is C19H18N2O2S. The molecule has 0 fully saturated rings. The number of allylic oxidation sites excluding steroid dienone is 1. The van der Waals surface area contributed by atoms with Crippen LogP contribution in [0.1, 0.15) is 28.2 Å². The third kappa shape index (κ3) is 2.19. The average Bonchev–Trinajstić information content (AvgIpc) is 3.10. The van der Waals surface area contributed by atoms with Crippen molar-refractivity contribution < 1.29 is 4.74 Å². The third-order valence-corrected chi connectivity index (χ3v) is 5.75. The molecule has 4 rings (SSSR count). The number of nitrogens with zero attached hydrogens (tertiary/aromatic N) is 2. The molecule has 0 saturated heterocycles. The summed E-state index contributed by atoms with van der Waals surface area (Å²) >= 11 is 1.60. The molecule has 3 heterocycles. The largest absolute Gasteiger partial charge is 0.496 e. The lowest BCUT2D eigenvalue weighted by atomic mass is 10.1. The van der Waals surface area contributed by atoms with Gasteiger partial charge in [0.1, 0.15) is 16.4 Å². The van der Waals surface area contributed by atoms with E-state index in [0.29, 0.717) is 6.54 Å². The fraction of sp³-hybridized carbons (Fsp3) is 0.263. The second-order valence-electron chi connectivity index (χ2n) is 6.02. The number of rotatable bonds is 2. The van der Waals surface area contributed by atoms with Gasteiger partial charge in [-0.2, -0.15) is 0 Å². The molecule has 1 aromatic carbocycles. The summed E-state index contributed by atoms with van der Waals surface area (Å²) in [6.45, 7) is 4.74. The molecular weight excluding hydrogens is 320 g/mol. The van der Waals surface area contributed by atoms with Gasteiger partial charge >= 0.3 is 0 Å². The van der Waals surface area contributed by atoms with Crippen LogP contribution in [0.25, 0.3) is 21.9 Å². The quantitative estimate of drug-likeness (QED) is 0.709. The Labute approximate surface area is 144 Å². The maximum absolute atomic E-state index is 12.9. The zero-order valence-electron chi connectivity index (χ0n) is 13.9. The van der Waals surface area contributed by atoms with Gasteiger partial charge < -0.3 is 4.74 Å². The molecule has 24 heavy (non-hydrogen) atoms. The smallest absolute Gasteiger partial charge is 0.262 e. The maximum atomic E-state index is 12.9. The van der Waals surface area contributed by atoms with Gasteiger partial charge in [0.15, 0.2) is 0 Å². The number of aryl methyl sites for hydroxylation is 2. The van der Waals surface area contributed by atoms with Crippen molar-refractivity contribution in [2.75, 3.05) is 7.11 Å². The standard InChI is InChI=1S/C19H18N2O2S/c1-11-12(2)24-18-16(11)19(22)21-9-8-14(17(21)20-18)10-13-6-4-5-7-15(13)23-3/h4-7,10H,8-9H2,1-3H3/b14-10+. The highest BCUT2D eigenvalue weighted by molar-refractivity contribution is 7.18. The zero-order chi connectivity index (χ0) is 16.8. The number of fused-ring (bicyclic) bond motifs is 2. The number of ether oxygens (including phenoxy) is 1. The maximum Gasteiger partial charge on any atom is 0.262 e. The highest BCUT2D eigenvalue weighted by Crippen LogP contribution is 2.33. The van der Waals surface area contributed by atoms with Crippen molar-refractivity contribution in [1.29, 1.82) is 0 Å². The summed E-state index contributed by atoms with van der Waals surface area (Å²) in [5.41, 5.74) is 3.24. The molecule has 0 amide bonds. The van der Waals surface area contributed by atoms with E-state index in [4.69, 9.17) is 9.72 Å². The van der Waals surface area contributed by atoms with Crippen LogP contribution in [0.5, 0.6) is 5.75 Å². The average molecular weight is 338 g/mol. The summed E-state index contributed by atoms with van der Waals surface area (Å²) in [6, 6.07) is 7.90. The van der Waals surface area contributed by atoms with E-state index in [1.54, 1.807) is 18.4 Å². The second kappa shape index (κ2) is 5.60. The number of aromatic nitrogens is 2. The van der Waals surface area contributed by atoms with Crippen molar-refractivity contribution in [3.05, 3.63) is 56.4 Å². The van der Waals surface area contributed by atoms with Crippen LogP contribution in [0, 0.1) is 13.8 Å². The van der Waals surface area contributed by atoms with Crippen molar-refractivity contribution in [1.82, 2.24) is 9.55 Å². The van der Waals surface area contributed by atoms with E-state index >= 15 is 0 Å². The van der Waals surface area contributed by atoms with Crippen LogP contribution in [0.15, 0.2) is 29.1 Å². The van der Waals surface area contributed by atoms with Gasteiger partial charge in [-0.05, 0) is 43.5 Å². The topological polar surface area (TPSA) is 44.1 Å². The molecule has 1 aliphatic rings. The molecule has 0 atom stereocenters. The number of hydrogen-bond acceptors (Lipinski definition) is 4. The van der Waals surface area contributed by atoms with Gasteiger partial charge in [0, 0.05) is 17.0 Å². The summed E-state index contributed by atoms with van der Waals surface area (Å²) in [5, 5.41) is 0.778. The minimum Gasteiger partial charge on any atom is -0.496 e. The van der Waals surface area contributed by atoms with Crippen molar-refractivity contribution in [3.8, 4) is 5.75 Å². The first kappa shape index (κ1) is 15.1. The lowest BCUT2D eigenvalue weighted by molar-refractivity contribution is 0.414. The molecule has 2 aromatic heterocycles. The predicted octanol–water partition coefficient (Wildman–Crippen LogP) is 4.03. The highest BCUT2D eigenvalue weighted by atomic mass is 32.1. The molecule has 0 saturated carbocycles. The van der Waals surface area contributed by atoms with Crippen LogP contribution in [0.2, 0.25) is 0 Å². The summed E-state index contributed by atoms with van der Waals surface area (Å²) in [6.07, 6.45) is 2.90. The molecule has 0 N–H and O–H groups in total. The van der Waals surface area contributed by atoms with Gasteiger partial charge in [-0.15, -0.1) is 11.3 Å². The molecule has 1 aliphatic heterocycles. The molecule has 0 unspecified atom stereocenters. The monoisotopic (exact) mass is 338 g/mol. The summed E-state index contributed by atoms with van der Waals surface area (Å²) in [7, 11) is 1.67. The molecule has 0 spiro atoms. The fourth-order valence-corrected chi connectivity index (χ4v) is 4.25. The summed E-state index contributed by atoms with van der Waals surface area (Å²) in [5.74, 6) is 1.62. The van der Waals surface area contributed by atoms with Crippen LogP contribution in [0.4, 0.5) is 0 Å². The summed E-state index contributed by atoms with van der Waals surface area (Å²) in [4.78, 5) is 19.7. The second-order valence-corrected chi connectivity index (χ2v) is 7.22. The fourth-order valence-electron chi connectivity index (χ4n) is 3.23. The van der Waals surface area contributed by atoms with Crippen LogP contribution >= 0.6 is 11.3 Å². The van der Waals surface area contributed by atoms with Gasteiger partial charge in [0.05, 0.1) is 12.5 Å². The van der Waals surface area contributed by atoms with E-state index in [0.717, 1.165) is 49.8 Å². The van der Waals surface area contributed by atoms with E-state index in [-0.39, 0.29) is 5.56 Å². The van der Waals surface area contributed by atoms with Crippen LogP contribution < -0.4 is 10.3 Å². The van der Waals surface area contributed by atoms with Gasteiger partial charge in [0.2, 0.25) is 0 Å². The first-order chi connectivity index (χ1) is 11.6. The lowest BCUT2D eigenvalue weighted by Crippen LogP contribution is -2.20. The molecule has 122 valence electrons. The van der Waals surface area contributed by atoms with Crippen LogP contribution in [-0.4, -0.2) is 16.7 Å². The highest BCUT2D eigenvalue weighted by Gasteiger charge is 2.23. The Bertz CT molecular complexity index is 1040. The SMILES string of the molecule is COc1ccccc1/C=C1\CCn2c1nc1sc(C)c(C)c1c2=O. The molecule has 0 bridgehead atoms. The number of para-hydroxylation sites is 1. The van der Waals surface area contributed by atoms with Crippen molar-refractivity contribution in [3.63, 3.8) is 0 Å². The Balaban J connectivity index is 1.92. The molecule has 5 heteroatoms. The third-order valence-electron chi connectivity index (χ3n) is 4.65. The number of thiophene rings is 1. The number of methoxy groups -OCH3 is 1. The minimum atomic E-state index is 0.0836. The molecule has 0 aliphatic carbocycles. The van der Waals surface area contributed by atoms with Crippen molar-refractivity contribution in [2.45, 2.75) is 26.8 Å². The molecule has 0 radical (unpaired) electrons. The van der Waals surface area contributed by atoms with Crippen LogP contribution in [0.3, 0.4) is 0 Å². The van der Waals surface area contributed by atoms with Crippen LogP contribution in [-0.2, 0) is 6.54 Å². The van der Waals surface area contributed by atoms with Crippen molar-refractivity contribution in [2.24, 2.45) is 0 Å². The molecule has 3 aromatic rings. The molecule has 4 nitrogen and oxygen atoms in total. The predicted molar refractivity (Wildman–Crippen MR) is 98.8 cm³/mol. The Morgan fingerprint density at radius 3 is 2.88 bits per heavy atom. The Kier molecular flexibility index (Phi) is 3.53. The van der Waals surface area contributed by atoms with Gasteiger partial charge in [-0.3, -0.25) is 9.36 Å². The summed E-state index contributed by atoms with van der Waals surface area (Å²) < 4.78 is 7.23. The lowest BCUT2D eigenvalue weighted by Gasteiger charge is -2.06. The number of hydrogen-bond donors (Lipinski definition) is 0. The Morgan fingerprint density at radius 2 is 2.08 bits per heavy atom. The first-order valence-electron chi connectivity index (χ1n) is 7.94. The van der Waals surface area contributed by atoms with E-state index in [9.17, 15) is 4.79 Å². The Morgan fingerprint density at radius 1 is 1.29 bits per heavy atom. The first-order valence-corrected chi connectivity index (χ1v) is 8.76. The number of benzene rings is 1. The van der Waals surface area contributed by atoms with E-state index in [1.807, 2.05) is 42.7 Å². The Hall–Kier alpha value is -2.40.